The molecule has 27 heavy (non-hydrogen) atoms. The number of amides is 1. The molecule has 0 spiro atoms. The molecule has 4 nitrogen and oxygen atoms in total. The zero-order chi connectivity index (χ0) is 19.1. The van der Waals surface area contributed by atoms with Gasteiger partial charge in [0.05, 0.1) is 0 Å². The molecule has 0 aliphatic carbocycles. The van der Waals surface area contributed by atoms with E-state index in [-0.39, 0.29) is 5.91 Å². The number of halogens is 1. The number of hydrogen-bond donors (Lipinski definition) is 0. The quantitative estimate of drug-likeness (QED) is 0.755. The van der Waals surface area contributed by atoms with Crippen molar-refractivity contribution in [2.75, 3.05) is 32.7 Å². The molecule has 1 unspecified atom stereocenters. The third kappa shape index (κ3) is 5.84. The van der Waals surface area contributed by atoms with Gasteiger partial charge in [-0.3, -0.25) is 9.69 Å². The van der Waals surface area contributed by atoms with Crippen LogP contribution in [0.2, 0.25) is 5.02 Å². The second-order valence-corrected chi connectivity index (χ2v) is 7.09. The Bertz CT molecular complexity index is 754. The van der Waals surface area contributed by atoms with Crippen LogP contribution in [-0.4, -0.2) is 54.5 Å². The summed E-state index contributed by atoms with van der Waals surface area (Å²) in [7, 11) is 0. The number of hydrogen-bond acceptors (Lipinski definition) is 3. The molecule has 5 heteroatoms. The lowest BCUT2D eigenvalue weighted by atomic mass is 10.2. The minimum absolute atomic E-state index is 0.0319. The van der Waals surface area contributed by atoms with Crippen LogP contribution < -0.4 is 4.74 Å². The number of nitrogens with zero attached hydrogens (tertiary/aromatic N) is 2. The van der Waals surface area contributed by atoms with Gasteiger partial charge in [-0.15, -0.1) is 0 Å². The lowest BCUT2D eigenvalue weighted by Gasteiger charge is -2.35. The average Bonchev–Trinajstić information content (AvgIpc) is 2.70. The van der Waals surface area contributed by atoms with Gasteiger partial charge < -0.3 is 9.64 Å². The topological polar surface area (TPSA) is 32.8 Å². The fourth-order valence-corrected chi connectivity index (χ4v) is 3.20. The van der Waals surface area contributed by atoms with Gasteiger partial charge in [0.2, 0.25) is 0 Å². The van der Waals surface area contributed by atoms with Gasteiger partial charge in [0.1, 0.15) is 5.75 Å². The fraction of sp³-hybridized carbons (Fsp3) is 0.318. The Balaban J connectivity index is 1.43. The van der Waals surface area contributed by atoms with Crippen LogP contribution in [0.4, 0.5) is 0 Å². The van der Waals surface area contributed by atoms with Crippen LogP contribution in [0.25, 0.3) is 6.08 Å². The molecule has 1 fully saturated rings. The zero-order valence-electron chi connectivity index (χ0n) is 15.6. The number of carbonyl (C=O) groups is 1. The highest BCUT2D eigenvalue weighted by Gasteiger charge is 2.25. The maximum absolute atomic E-state index is 12.6. The Hall–Kier alpha value is -2.30. The predicted octanol–water partition coefficient (Wildman–Crippen LogP) is 3.96. The van der Waals surface area contributed by atoms with Crippen molar-refractivity contribution in [2.45, 2.75) is 13.0 Å². The van der Waals surface area contributed by atoms with Gasteiger partial charge in [0.25, 0.3) is 5.91 Å². The monoisotopic (exact) mass is 384 g/mol. The van der Waals surface area contributed by atoms with Gasteiger partial charge >= 0.3 is 0 Å². The van der Waals surface area contributed by atoms with Crippen molar-refractivity contribution >= 4 is 23.6 Å². The molecule has 2 aromatic rings. The first-order valence-corrected chi connectivity index (χ1v) is 9.64. The Morgan fingerprint density at radius 3 is 2.41 bits per heavy atom. The van der Waals surface area contributed by atoms with Crippen LogP contribution in [0.3, 0.4) is 0 Å². The minimum atomic E-state index is -0.504. The Morgan fingerprint density at radius 2 is 1.74 bits per heavy atom. The standard InChI is InChI=1S/C22H25ClN2O2/c1-18(27-21-11-9-20(23)10-12-21)22(26)25-16-14-24(15-17-25)13-5-8-19-6-3-2-4-7-19/h2-12,18H,13-17H2,1H3/b8-5+. The van der Waals surface area contributed by atoms with Crippen molar-refractivity contribution < 1.29 is 9.53 Å². The first-order chi connectivity index (χ1) is 13.1. The number of ether oxygens (including phenoxy) is 1. The molecule has 0 N–H and O–H groups in total. The summed E-state index contributed by atoms with van der Waals surface area (Å²) >= 11 is 5.88. The molecule has 0 saturated carbocycles. The van der Waals surface area contributed by atoms with Crippen LogP contribution in [0.1, 0.15) is 12.5 Å². The molecule has 1 saturated heterocycles. The molecule has 0 radical (unpaired) electrons. The molecule has 1 heterocycles. The van der Waals surface area contributed by atoms with E-state index in [0.29, 0.717) is 10.8 Å². The molecular weight excluding hydrogens is 360 g/mol. The van der Waals surface area contributed by atoms with Gasteiger partial charge in [0.15, 0.2) is 6.10 Å². The van der Waals surface area contributed by atoms with Crippen LogP contribution in [0.5, 0.6) is 5.75 Å². The van der Waals surface area contributed by atoms with E-state index in [1.165, 1.54) is 5.56 Å². The summed E-state index contributed by atoms with van der Waals surface area (Å²) in [5, 5.41) is 0.652. The van der Waals surface area contributed by atoms with Gasteiger partial charge in [-0.1, -0.05) is 54.1 Å². The lowest BCUT2D eigenvalue weighted by molar-refractivity contribution is -0.139. The van der Waals surface area contributed by atoms with E-state index in [1.807, 2.05) is 23.1 Å². The molecule has 0 bridgehead atoms. The van der Waals surface area contributed by atoms with Crippen molar-refractivity contribution in [2.24, 2.45) is 0 Å². The van der Waals surface area contributed by atoms with Crippen molar-refractivity contribution in [3.8, 4) is 5.75 Å². The van der Waals surface area contributed by atoms with Crippen molar-refractivity contribution in [1.29, 1.82) is 0 Å². The summed E-state index contributed by atoms with van der Waals surface area (Å²) in [6.07, 6.45) is 3.81. The van der Waals surface area contributed by atoms with E-state index in [1.54, 1.807) is 31.2 Å². The predicted molar refractivity (Wildman–Crippen MR) is 110 cm³/mol. The van der Waals surface area contributed by atoms with Crippen molar-refractivity contribution in [3.63, 3.8) is 0 Å². The second-order valence-electron chi connectivity index (χ2n) is 6.65. The summed E-state index contributed by atoms with van der Waals surface area (Å²) in [6, 6.07) is 17.4. The molecule has 1 atom stereocenters. The first-order valence-electron chi connectivity index (χ1n) is 9.27. The highest BCUT2D eigenvalue weighted by atomic mass is 35.5. The molecule has 1 aliphatic heterocycles. The highest BCUT2D eigenvalue weighted by molar-refractivity contribution is 6.30. The SMILES string of the molecule is CC(Oc1ccc(Cl)cc1)C(=O)N1CCN(C/C=C/c2ccccc2)CC1. The van der Waals surface area contributed by atoms with E-state index >= 15 is 0 Å². The Kier molecular flexibility index (Phi) is 6.91. The first kappa shape index (κ1) is 19.5. The largest absolute Gasteiger partial charge is 0.481 e. The third-order valence-corrected chi connectivity index (χ3v) is 4.88. The molecule has 3 rings (SSSR count). The van der Waals surface area contributed by atoms with Gasteiger partial charge in [-0.05, 0) is 36.8 Å². The van der Waals surface area contributed by atoms with Crippen molar-refractivity contribution in [1.82, 2.24) is 9.80 Å². The van der Waals surface area contributed by atoms with Crippen LogP contribution in [-0.2, 0) is 4.79 Å². The Labute approximate surface area is 166 Å². The number of benzene rings is 2. The van der Waals surface area contributed by atoms with Crippen LogP contribution >= 0.6 is 11.6 Å². The number of carbonyl (C=O) groups excluding carboxylic acids is 1. The molecule has 1 aliphatic rings. The van der Waals surface area contributed by atoms with Gasteiger partial charge in [-0.2, -0.15) is 0 Å². The lowest BCUT2D eigenvalue weighted by Crippen LogP contribution is -2.51. The fourth-order valence-electron chi connectivity index (χ4n) is 3.08. The number of rotatable bonds is 6. The van der Waals surface area contributed by atoms with E-state index < -0.39 is 6.10 Å². The van der Waals surface area contributed by atoms with E-state index in [9.17, 15) is 4.79 Å². The Morgan fingerprint density at radius 1 is 1.07 bits per heavy atom. The smallest absolute Gasteiger partial charge is 0.263 e. The second kappa shape index (κ2) is 9.58. The van der Waals surface area contributed by atoms with Crippen LogP contribution in [0, 0.1) is 0 Å². The molecule has 142 valence electrons. The van der Waals surface area contributed by atoms with E-state index in [4.69, 9.17) is 16.3 Å². The third-order valence-electron chi connectivity index (χ3n) is 4.63. The summed E-state index contributed by atoms with van der Waals surface area (Å²) in [4.78, 5) is 16.9. The summed E-state index contributed by atoms with van der Waals surface area (Å²) in [6.45, 7) is 5.90. The summed E-state index contributed by atoms with van der Waals surface area (Å²) < 4.78 is 5.75. The highest BCUT2D eigenvalue weighted by Crippen LogP contribution is 2.17. The maximum Gasteiger partial charge on any atom is 0.263 e. The van der Waals surface area contributed by atoms with E-state index in [0.717, 1.165) is 32.7 Å². The molecule has 1 amide bonds. The van der Waals surface area contributed by atoms with Gasteiger partial charge in [-0.25, -0.2) is 0 Å². The summed E-state index contributed by atoms with van der Waals surface area (Å²) in [5.41, 5.74) is 1.21. The average molecular weight is 385 g/mol. The van der Waals surface area contributed by atoms with Crippen molar-refractivity contribution in [3.05, 3.63) is 71.3 Å². The van der Waals surface area contributed by atoms with Gasteiger partial charge in [0, 0.05) is 37.7 Å². The minimum Gasteiger partial charge on any atom is -0.481 e. The zero-order valence-corrected chi connectivity index (χ0v) is 16.3. The number of piperazine rings is 1. The molecular formula is C22H25ClN2O2. The molecule has 0 aromatic heterocycles. The summed E-state index contributed by atoms with van der Waals surface area (Å²) in [5.74, 6) is 0.689. The maximum atomic E-state index is 12.6. The van der Waals surface area contributed by atoms with Crippen LogP contribution in [0.15, 0.2) is 60.7 Å². The van der Waals surface area contributed by atoms with E-state index in [2.05, 4.69) is 29.2 Å². The normalized spacial score (nSPS) is 16.4. The molecule has 2 aromatic carbocycles.